The Kier molecular flexibility index (Phi) is 3.05. The van der Waals surface area contributed by atoms with Crippen LogP contribution in [0.4, 0.5) is 10.1 Å². The van der Waals surface area contributed by atoms with Crippen LogP contribution in [0.3, 0.4) is 0 Å². The fourth-order valence-electron chi connectivity index (χ4n) is 4.71. The summed E-state index contributed by atoms with van der Waals surface area (Å²) >= 11 is 0. The minimum atomic E-state index is -0.202. The lowest BCUT2D eigenvalue weighted by Crippen LogP contribution is -2.35. The second-order valence-corrected chi connectivity index (χ2v) is 7.29. The SMILES string of the molecule is O=C(c1ccc2cc[nH]c2c1)N1CC2(CCCC2)c2c(F)cccc21. The summed E-state index contributed by atoms with van der Waals surface area (Å²) in [5.74, 6) is -0.221. The second kappa shape index (κ2) is 5.19. The third kappa shape index (κ3) is 2.06. The molecule has 126 valence electrons. The summed E-state index contributed by atoms with van der Waals surface area (Å²) in [6.45, 7) is 0.588. The molecule has 0 bridgehead atoms. The highest BCUT2D eigenvalue weighted by atomic mass is 19.1. The van der Waals surface area contributed by atoms with Gasteiger partial charge >= 0.3 is 0 Å². The minimum absolute atomic E-state index is 0.0490. The van der Waals surface area contributed by atoms with Crippen LogP contribution in [0.15, 0.2) is 48.7 Å². The number of nitrogens with one attached hydrogen (secondary N) is 1. The molecule has 1 aliphatic carbocycles. The van der Waals surface area contributed by atoms with Gasteiger partial charge in [0.05, 0.1) is 5.69 Å². The van der Waals surface area contributed by atoms with Crippen LogP contribution in [0.2, 0.25) is 0 Å². The van der Waals surface area contributed by atoms with Gasteiger partial charge in [-0.3, -0.25) is 4.79 Å². The molecule has 4 heteroatoms. The lowest BCUT2D eigenvalue weighted by atomic mass is 9.80. The van der Waals surface area contributed by atoms with Gasteiger partial charge < -0.3 is 9.88 Å². The van der Waals surface area contributed by atoms with Crippen molar-refractivity contribution in [3.63, 3.8) is 0 Å². The number of hydrogen-bond donors (Lipinski definition) is 1. The van der Waals surface area contributed by atoms with E-state index in [2.05, 4.69) is 4.98 Å². The number of carbonyl (C=O) groups excluding carboxylic acids is 1. The maximum Gasteiger partial charge on any atom is 0.258 e. The van der Waals surface area contributed by atoms with E-state index in [-0.39, 0.29) is 17.1 Å². The quantitative estimate of drug-likeness (QED) is 0.683. The summed E-state index contributed by atoms with van der Waals surface area (Å²) in [5, 5.41) is 1.08. The number of H-pyrrole nitrogens is 1. The van der Waals surface area contributed by atoms with E-state index in [1.165, 1.54) is 6.07 Å². The summed E-state index contributed by atoms with van der Waals surface area (Å²) in [7, 11) is 0. The zero-order valence-electron chi connectivity index (χ0n) is 13.9. The largest absolute Gasteiger partial charge is 0.361 e. The fourth-order valence-corrected chi connectivity index (χ4v) is 4.71. The molecule has 1 aromatic heterocycles. The van der Waals surface area contributed by atoms with E-state index in [0.717, 1.165) is 47.8 Å². The molecule has 1 saturated carbocycles. The number of carbonyl (C=O) groups is 1. The first-order chi connectivity index (χ1) is 12.2. The van der Waals surface area contributed by atoms with Gasteiger partial charge in [-0.1, -0.05) is 25.0 Å². The van der Waals surface area contributed by atoms with Crippen molar-refractivity contribution in [2.75, 3.05) is 11.4 Å². The standard InChI is InChI=1S/C21H19FN2O/c22-16-4-3-5-18-19(16)21(9-1-2-10-21)13-24(18)20(25)15-7-6-14-8-11-23-17(14)12-15/h3-8,11-12,23H,1-2,9-10,13H2. The summed E-state index contributed by atoms with van der Waals surface area (Å²) in [6.07, 6.45) is 5.99. The van der Waals surface area contributed by atoms with Gasteiger partial charge in [-0.15, -0.1) is 0 Å². The van der Waals surface area contributed by atoms with E-state index < -0.39 is 0 Å². The number of aromatic amines is 1. The summed E-state index contributed by atoms with van der Waals surface area (Å²) < 4.78 is 14.7. The molecule has 0 saturated heterocycles. The van der Waals surface area contributed by atoms with Gasteiger partial charge in [-0.2, -0.15) is 0 Å². The number of hydrogen-bond acceptors (Lipinski definition) is 1. The van der Waals surface area contributed by atoms with Crippen molar-refractivity contribution in [3.05, 3.63) is 65.6 Å². The van der Waals surface area contributed by atoms with Crippen LogP contribution in [0.1, 0.15) is 41.6 Å². The average molecular weight is 334 g/mol. The van der Waals surface area contributed by atoms with Crippen LogP contribution in [-0.4, -0.2) is 17.4 Å². The van der Waals surface area contributed by atoms with E-state index in [0.29, 0.717) is 12.1 Å². The minimum Gasteiger partial charge on any atom is -0.361 e. The molecule has 1 spiro atoms. The molecule has 0 radical (unpaired) electrons. The van der Waals surface area contributed by atoms with Crippen molar-refractivity contribution < 1.29 is 9.18 Å². The molecule has 3 aromatic rings. The normalized spacial score (nSPS) is 18.2. The zero-order chi connectivity index (χ0) is 17.0. The molecule has 2 aromatic carbocycles. The highest BCUT2D eigenvalue weighted by Crippen LogP contribution is 2.51. The number of rotatable bonds is 1. The number of aromatic nitrogens is 1. The molecule has 5 rings (SSSR count). The number of benzene rings is 2. The Hall–Kier alpha value is -2.62. The summed E-state index contributed by atoms with van der Waals surface area (Å²) in [5.41, 5.74) is 2.88. The Labute approximate surface area is 145 Å². The van der Waals surface area contributed by atoms with E-state index in [9.17, 15) is 9.18 Å². The van der Waals surface area contributed by atoms with Crippen LogP contribution in [0.5, 0.6) is 0 Å². The molecular weight excluding hydrogens is 315 g/mol. The number of halogens is 1. The lowest BCUT2D eigenvalue weighted by molar-refractivity contribution is 0.0985. The molecule has 3 nitrogen and oxygen atoms in total. The highest BCUT2D eigenvalue weighted by molar-refractivity contribution is 6.09. The third-order valence-corrected chi connectivity index (χ3v) is 5.88. The van der Waals surface area contributed by atoms with Crippen molar-refractivity contribution in [1.82, 2.24) is 4.98 Å². The molecule has 1 aliphatic heterocycles. The maximum absolute atomic E-state index is 14.7. The first kappa shape index (κ1) is 14.7. The van der Waals surface area contributed by atoms with Crippen molar-refractivity contribution in [2.45, 2.75) is 31.1 Å². The molecule has 0 unspecified atom stereocenters. The predicted octanol–water partition coefficient (Wildman–Crippen LogP) is 4.78. The Morgan fingerprint density at radius 1 is 1.12 bits per heavy atom. The number of anilines is 1. The van der Waals surface area contributed by atoms with Crippen molar-refractivity contribution in [2.24, 2.45) is 0 Å². The number of nitrogens with zero attached hydrogens (tertiary/aromatic N) is 1. The van der Waals surface area contributed by atoms with Crippen molar-refractivity contribution >= 4 is 22.5 Å². The number of amides is 1. The molecule has 1 N–H and O–H groups in total. The first-order valence-electron chi connectivity index (χ1n) is 8.86. The Balaban J connectivity index is 1.60. The molecular formula is C21H19FN2O. The van der Waals surface area contributed by atoms with Crippen LogP contribution < -0.4 is 4.90 Å². The predicted molar refractivity (Wildman–Crippen MR) is 96.5 cm³/mol. The van der Waals surface area contributed by atoms with Crippen molar-refractivity contribution in [3.8, 4) is 0 Å². The number of fused-ring (bicyclic) bond motifs is 3. The topological polar surface area (TPSA) is 36.1 Å². The summed E-state index contributed by atoms with van der Waals surface area (Å²) in [4.78, 5) is 18.2. The fraction of sp³-hybridized carbons (Fsp3) is 0.286. The van der Waals surface area contributed by atoms with Gasteiger partial charge in [0.15, 0.2) is 0 Å². The van der Waals surface area contributed by atoms with Crippen LogP contribution in [0.25, 0.3) is 10.9 Å². The summed E-state index contributed by atoms with van der Waals surface area (Å²) in [6, 6.07) is 12.8. The van der Waals surface area contributed by atoms with E-state index in [1.807, 2.05) is 36.5 Å². The Morgan fingerprint density at radius 2 is 1.96 bits per heavy atom. The average Bonchev–Trinajstić information content (AvgIpc) is 3.34. The first-order valence-corrected chi connectivity index (χ1v) is 8.86. The molecule has 2 aliphatic rings. The van der Waals surface area contributed by atoms with E-state index in [4.69, 9.17) is 0 Å². The molecule has 0 atom stereocenters. The van der Waals surface area contributed by atoms with Crippen LogP contribution in [0, 0.1) is 5.82 Å². The van der Waals surface area contributed by atoms with Gasteiger partial charge in [0.25, 0.3) is 5.91 Å². The van der Waals surface area contributed by atoms with E-state index in [1.54, 1.807) is 11.0 Å². The van der Waals surface area contributed by atoms with Gasteiger partial charge in [-0.25, -0.2) is 4.39 Å². The maximum atomic E-state index is 14.7. The smallest absolute Gasteiger partial charge is 0.258 e. The highest BCUT2D eigenvalue weighted by Gasteiger charge is 2.48. The monoisotopic (exact) mass is 334 g/mol. The molecule has 25 heavy (non-hydrogen) atoms. The lowest BCUT2D eigenvalue weighted by Gasteiger charge is -2.25. The second-order valence-electron chi connectivity index (χ2n) is 7.29. The molecule has 2 heterocycles. The third-order valence-electron chi connectivity index (χ3n) is 5.88. The Bertz CT molecular complexity index is 984. The Morgan fingerprint density at radius 3 is 2.80 bits per heavy atom. The zero-order valence-corrected chi connectivity index (χ0v) is 13.9. The van der Waals surface area contributed by atoms with Gasteiger partial charge in [0.2, 0.25) is 0 Å². The van der Waals surface area contributed by atoms with Gasteiger partial charge in [0.1, 0.15) is 5.82 Å². The van der Waals surface area contributed by atoms with E-state index >= 15 is 0 Å². The molecule has 1 fully saturated rings. The van der Waals surface area contributed by atoms with Crippen LogP contribution in [-0.2, 0) is 5.41 Å². The molecule has 1 amide bonds. The van der Waals surface area contributed by atoms with Crippen LogP contribution >= 0.6 is 0 Å². The van der Waals surface area contributed by atoms with Crippen molar-refractivity contribution in [1.29, 1.82) is 0 Å². The van der Waals surface area contributed by atoms with Gasteiger partial charge in [-0.05, 0) is 48.6 Å². The van der Waals surface area contributed by atoms with Gasteiger partial charge in [0, 0.05) is 34.8 Å².